The summed E-state index contributed by atoms with van der Waals surface area (Å²) < 4.78 is 0. The fourth-order valence-corrected chi connectivity index (χ4v) is 1.67. The van der Waals surface area contributed by atoms with E-state index in [9.17, 15) is 0 Å². The number of hydrogen-bond donors (Lipinski definition) is 1. The van der Waals surface area contributed by atoms with E-state index >= 15 is 0 Å². The van der Waals surface area contributed by atoms with Gasteiger partial charge in [-0.1, -0.05) is 32.6 Å². The summed E-state index contributed by atoms with van der Waals surface area (Å²) in [4.78, 5) is 4.53. The fraction of sp³-hybridized carbons (Fsp3) is 0.917. The van der Waals surface area contributed by atoms with E-state index < -0.39 is 0 Å². The predicted octanol–water partition coefficient (Wildman–Crippen LogP) is 3.11. The maximum absolute atomic E-state index is 5.86. The minimum atomic E-state index is 0.437. The zero-order valence-electron chi connectivity index (χ0n) is 9.63. The molecule has 1 aliphatic carbocycles. The van der Waals surface area contributed by atoms with Crippen LogP contribution in [0, 0.1) is 5.92 Å². The first-order chi connectivity index (χ1) is 6.74. The van der Waals surface area contributed by atoms with Crippen molar-refractivity contribution in [2.75, 3.05) is 0 Å². The van der Waals surface area contributed by atoms with Crippen LogP contribution in [-0.4, -0.2) is 11.9 Å². The first-order valence-electron chi connectivity index (χ1n) is 6.07. The Hall–Kier alpha value is -0.530. The standard InChI is InChI=1S/C12H24N2/c1-3-4-5-6-7-10(2)14-12(13)11-8-9-11/h10-11H,3-9H2,1-2H3,(H2,13,14). The van der Waals surface area contributed by atoms with Crippen molar-refractivity contribution in [2.45, 2.75) is 64.8 Å². The highest BCUT2D eigenvalue weighted by molar-refractivity contribution is 5.85. The Morgan fingerprint density at radius 3 is 2.64 bits per heavy atom. The van der Waals surface area contributed by atoms with Crippen LogP contribution in [0.5, 0.6) is 0 Å². The van der Waals surface area contributed by atoms with Gasteiger partial charge in [-0.05, 0) is 26.2 Å². The van der Waals surface area contributed by atoms with Gasteiger partial charge < -0.3 is 5.73 Å². The van der Waals surface area contributed by atoms with Crippen molar-refractivity contribution in [1.82, 2.24) is 0 Å². The largest absolute Gasteiger partial charge is 0.387 e. The number of rotatable bonds is 7. The van der Waals surface area contributed by atoms with Gasteiger partial charge in [0.25, 0.3) is 0 Å². The van der Waals surface area contributed by atoms with Crippen LogP contribution in [0.4, 0.5) is 0 Å². The minimum absolute atomic E-state index is 0.437. The third-order valence-corrected chi connectivity index (χ3v) is 2.84. The van der Waals surface area contributed by atoms with Gasteiger partial charge in [-0.15, -0.1) is 0 Å². The minimum Gasteiger partial charge on any atom is -0.387 e. The van der Waals surface area contributed by atoms with Crippen LogP contribution in [-0.2, 0) is 0 Å². The van der Waals surface area contributed by atoms with E-state index in [1.54, 1.807) is 0 Å². The smallest absolute Gasteiger partial charge is 0.0971 e. The predicted molar refractivity (Wildman–Crippen MR) is 62.6 cm³/mol. The molecule has 1 fully saturated rings. The number of unbranched alkanes of at least 4 members (excludes halogenated alkanes) is 3. The first-order valence-corrected chi connectivity index (χ1v) is 6.07. The highest BCUT2D eigenvalue weighted by Gasteiger charge is 2.25. The first kappa shape index (κ1) is 11.5. The zero-order chi connectivity index (χ0) is 10.4. The van der Waals surface area contributed by atoms with Gasteiger partial charge in [0, 0.05) is 12.0 Å². The normalized spacial score (nSPS) is 19.7. The van der Waals surface area contributed by atoms with Gasteiger partial charge in [0.05, 0.1) is 5.84 Å². The third-order valence-electron chi connectivity index (χ3n) is 2.84. The van der Waals surface area contributed by atoms with Gasteiger partial charge in [-0.2, -0.15) is 0 Å². The number of aliphatic imine (C=N–C) groups is 1. The van der Waals surface area contributed by atoms with E-state index in [-0.39, 0.29) is 0 Å². The summed E-state index contributed by atoms with van der Waals surface area (Å²) in [6, 6.07) is 0.437. The molecule has 1 unspecified atom stereocenters. The summed E-state index contributed by atoms with van der Waals surface area (Å²) >= 11 is 0. The molecule has 1 aliphatic rings. The van der Waals surface area contributed by atoms with Gasteiger partial charge >= 0.3 is 0 Å². The van der Waals surface area contributed by atoms with Crippen LogP contribution in [0.3, 0.4) is 0 Å². The molecule has 1 rings (SSSR count). The Kier molecular flexibility index (Phi) is 4.99. The second kappa shape index (κ2) is 6.05. The molecule has 2 nitrogen and oxygen atoms in total. The Balaban J connectivity index is 2.08. The van der Waals surface area contributed by atoms with Crippen LogP contribution in [0.1, 0.15) is 58.8 Å². The lowest BCUT2D eigenvalue weighted by Crippen LogP contribution is -2.17. The molecule has 0 bridgehead atoms. The molecule has 2 N–H and O–H groups in total. The number of nitrogens with two attached hydrogens (primary N) is 1. The van der Waals surface area contributed by atoms with E-state index in [2.05, 4.69) is 18.8 Å². The molecule has 0 heterocycles. The molecule has 0 spiro atoms. The molecule has 14 heavy (non-hydrogen) atoms. The van der Waals surface area contributed by atoms with E-state index in [1.807, 2.05) is 0 Å². The molecular formula is C12H24N2. The molecule has 2 heteroatoms. The second-order valence-corrected chi connectivity index (χ2v) is 4.53. The molecule has 0 aliphatic heterocycles. The Morgan fingerprint density at radius 2 is 2.07 bits per heavy atom. The van der Waals surface area contributed by atoms with Crippen molar-refractivity contribution >= 4 is 5.84 Å². The molecule has 1 saturated carbocycles. The highest BCUT2D eigenvalue weighted by atomic mass is 14.9. The van der Waals surface area contributed by atoms with E-state index in [0.717, 1.165) is 5.84 Å². The highest BCUT2D eigenvalue weighted by Crippen LogP contribution is 2.29. The molecule has 0 aromatic rings. The SMILES string of the molecule is CCCCCCC(C)N=C(N)C1CC1. The lowest BCUT2D eigenvalue weighted by atomic mass is 10.1. The molecule has 0 saturated heterocycles. The zero-order valence-corrected chi connectivity index (χ0v) is 9.63. The van der Waals surface area contributed by atoms with Gasteiger partial charge in [0.15, 0.2) is 0 Å². The van der Waals surface area contributed by atoms with Crippen LogP contribution in [0.2, 0.25) is 0 Å². The average molecular weight is 196 g/mol. The van der Waals surface area contributed by atoms with Crippen LogP contribution >= 0.6 is 0 Å². The molecule has 0 aromatic carbocycles. The van der Waals surface area contributed by atoms with Gasteiger partial charge in [0.2, 0.25) is 0 Å². The average Bonchev–Trinajstić information content (AvgIpc) is 2.95. The maximum Gasteiger partial charge on any atom is 0.0971 e. The van der Waals surface area contributed by atoms with Crippen LogP contribution < -0.4 is 5.73 Å². The van der Waals surface area contributed by atoms with Crippen molar-refractivity contribution in [3.63, 3.8) is 0 Å². The molecule has 0 aromatic heterocycles. The van der Waals surface area contributed by atoms with Gasteiger partial charge in [0.1, 0.15) is 0 Å². The summed E-state index contributed by atoms with van der Waals surface area (Å²) in [5.74, 6) is 1.54. The summed E-state index contributed by atoms with van der Waals surface area (Å²) in [6.45, 7) is 4.42. The molecule has 0 amide bonds. The number of amidine groups is 1. The number of hydrogen-bond acceptors (Lipinski definition) is 1. The van der Waals surface area contributed by atoms with Crippen molar-refractivity contribution in [3.8, 4) is 0 Å². The Bertz CT molecular complexity index is 183. The molecular weight excluding hydrogens is 172 g/mol. The molecule has 82 valence electrons. The van der Waals surface area contributed by atoms with E-state index in [4.69, 9.17) is 5.73 Å². The van der Waals surface area contributed by atoms with Crippen molar-refractivity contribution in [3.05, 3.63) is 0 Å². The fourth-order valence-electron chi connectivity index (χ4n) is 1.67. The molecule has 0 radical (unpaired) electrons. The van der Waals surface area contributed by atoms with E-state index in [0.29, 0.717) is 12.0 Å². The lowest BCUT2D eigenvalue weighted by Gasteiger charge is -2.07. The lowest BCUT2D eigenvalue weighted by molar-refractivity contribution is 0.575. The monoisotopic (exact) mass is 196 g/mol. The van der Waals surface area contributed by atoms with Gasteiger partial charge in [-0.25, -0.2) is 0 Å². The van der Waals surface area contributed by atoms with E-state index in [1.165, 1.54) is 44.9 Å². The Morgan fingerprint density at radius 1 is 1.36 bits per heavy atom. The summed E-state index contributed by atoms with van der Waals surface area (Å²) in [5.41, 5.74) is 5.86. The van der Waals surface area contributed by atoms with Crippen molar-refractivity contribution < 1.29 is 0 Å². The second-order valence-electron chi connectivity index (χ2n) is 4.53. The summed E-state index contributed by atoms with van der Waals surface area (Å²) in [5, 5.41) is 0. The van der Waals surface area contributed by atoms with Crippen LogP contribution in [0.15, 0.2) is 4.99 Å². The maximum atomic E-state index is 5.86. The third kappa shape index (κ3) is 4.64. The van der Waals surface area contributed by atoms with Crippen molar-refractivity contribution in [2.24, 2.45) is 16.6 Å². The topological polar surface area (TPSA) is 38.4 Å². The Labute approximate surface area is 88.0 Å². The molecule has 1 atom stereocenters. The quantitative estimate of drug-likeness (QED) is 0.379. The summed E-state index contributed by atoms with van der Waals surface area (Å²) in [7, 11) is 0. The van der Waals surface area contributed by atoms with Gasteiger partial charge in [-0.3, -0.25) is 4.99 Å². The number of nitrogens with zero attached hydrogens (tertiary/aromatic N) is 1. The summed E-state index contributed by atoms with van der Waals surface area (Å²) in [6.07, 6.45) is 9.04. The van der Waals surface area contributed by atoms with Crippen LogP contribution in [0.25, 0.3) is 0 Å². The van der Waals surface area contributed by atoms with Crippen molar-refractivity contribution in [1.29, 1.82) is 0 Å².